The Balaban J connectivity index is 2.65. The van der Waals surface area contributed by atoms with Crippen molar-refractivity contribution in [2.45, 2.75) is 13.8 Å². The van der Waals surface area contributed by atoms with Gasteiger partial charge in [-0.25, -0.2) is 9.97 Å². The molecule has 2 nitrogen and oxygen atoms in total. The monoisotopic (exact) mass is 218 g/mol. The summed E-state index contributed by atoms with van der Waals surface area (Å²) in [7, 11) is 0. The molecule has 0 saturated carbocycles. The minimum Gasteiger partial charge on any atom is -0.244 e. The highest BCUT2D eigenvalue weighted by molar-refractivity contribution is 6.32. The average Bonchev–Trinajstić information content (AvgIpc) is 2.23. The van der Waals surface area contributed by atoms with Gasteiger partial charge in [-0.2, -0.15) is 0 Å². The molecule has 0 aliphatic carbocycles. The second-order valence-electron chi connectivity index (χ2n) is 3.47. The van der Waals surface area contributed by atoms with E-state index in [-0.39, 0.29) is 0 Å². The lowest BCUT2D eigenvalue weighted by atomic mass is 9.99. The van der Waals surface area contributed by atoms with Crippen molar-refractivity contribution in [3.05, 3.63) is 47.0 Å². The number of rotatable bonds is 1. The average molecular weight is 219 g/mol. The van der Waals surface area contributed by atoms with E-state index in [9.17, 15) is 0 Å². The van der Waals surface area contributed by atoms with Crippen LogP contribution in [0.4, 0.5) is 0 Å². The number of hydrogen-bond acceptors (Lipinski definition) is 2. The SMILES string of the molecule is Cc1cccc(-c2cncnc2Cl)c1C. The largest absolute Gasteiger partial charge is 0.244 e. The molecular formula is C12H11ClN2. The molecule has 2 aromatic rings. The number of benzene rings is 1. The third kappa shape index (κ3) is 1.85. The van der Waals surface area contributed by atoms with Gasteiger partial charge < -0.3 is 0 Å². The van der Waals surface area contributed by atoms with Gasteiger partial charge in [-0.1, -0.05) is 29.8 Å². The van der Waals surface area contributed by atoms with Gasteiger partial charge in [0.05, 0.1) is 0 Å². The quantitative estimate of drug-likeness (QED) is 0.686. The second kappa shape index (κ2) is 3.99. The van der Waals surface area contributed by atoms with Crippen LogP contribution in [0.15, 0.2) is 30.7 Å². The molecule has 0 N–H and O–H groups in total. The maximum absolute atomic E-state index is 6.03. The highest BCUT2D eigenvalue weighted by Gasteiger charge is 2.07. The summed E-state index contributed by atoms with van der Waals surface area (Å²) >= 11 is 6.03. The molecule has 0 aliphatic rings. The molecule has 0 radical (unpaired) electrons. The lowest BCUT2D eigenvalue weighted by Gasteiger charge is -2.08. The third-order valence-corrected chi connectivity index (χ3v) is 2.86. The minimum atomic E-state index is 0.499. The fourth-order valence-corrected chi connectivity index (χ4v) is 1.73. The molecule has 0 aliphatic heterocycles. The Morgan fingerprint density at radius 2 is 1.93 bits per heavy atom. The number of hydrogen-bond donors (Lipinski definition) is 0. The van der Waals surface area contributed by atoms with Crippen molar-refractivity contribution < 1.29 is 0 Å². The minimum absolute atomic E-state index is 0.499. The van der Waals surface area contributed by atoms with Crippen LogP contribution in [0, 0.1) is 13.8 Å². The molecule has 2 rings (SSSR count). The zero-order chi connectivity index (χ0) is 10.8. The zero-order valence-electron chi connectivity index (χ0n) is 8.66. The summed E-state index contributed by atoms with van der Waals surface area (Å²) < 4.78 is 0. The van der Waals surface area contributed by atoms with E-state index in [0.717, 1.165) is 11.1 Å². The van der Waals surface area contributed by atoms with Crippen molar-refractivity contribution in [2.24, 2.45) is 0 Å². The number of halogens is 1. The highest BCUT2D eigenvalue weighted by Crippen LogP contribution is 2.28. The molecule has 1 heterocycles. The summed E-state index contributed by atoms with van der Waals surface area (Å²) in [6.45, 7) is 4.16. The maximum Gasteiger partial charge on any atom is 0.140 e. The fraction of sp³-hybridized carbons (Fsp3) is 0.167. The Labute approximate surface area is 94.0 Å². The summed E-state index contributed by atoms with van der Waals surface area (Å²) in [6, 6.07) is 6.13. The molecule has 3 heteroatoms. The second-order valence-corrected chi connectivity index (χ2v) is 3.83. The summed E-state index contributed by atoms with van der Waals surface area (Å²) in [6.07, 6.45) is 3.20. The Kier molecular flexibility index (Phi) is 2.69. The molecule has 0 amide bonds. The molecule has 0 atom stereocenters. The van der Waals surface area contributed by atoms with Gasteiger partial charge in [-0.05, 0) is 30.5 Å². The maximum atomic E-state index is 6.03. The lowest BCUT2D eigenvalue weighted by molar-refractivity contribution is 1.17. The van der Waals surface area contributed by atoms with Crippen molar-refractivity contribution in [2.75, 3.05) is 0 Å². The van der Waals surface area contributed by atoms with E-state index in [1.165, 1.54) is 17.5 Å². The smallest absolute Gasteiger partial charge is 0.140 e. The first kappa shape index (κ1) is 10.1. The Morgan fingerprint density at radius 3 is 2.67 bits per heavy atom. The molecule has 0 fully saturated rings. The molecule has 1 aromatic carbocycles. The number of aromatic nitrogens is 2. The number of nitrogens with zero attached hydrogens (tertiary/aromatic N) is 2. The van der Waals surface area contributed by atoms with Crippen molar-refractivity contribution in [1.82, 2.24) is 9.97 Å². The molecule has 15 heavy (non-hydrogen) atoms. The van der Waals surface area contributed by atoms with Gasteiger partial charge in [-0.15, -0.1) is 0 Å². The van der Waals surface area contributed by atoms with Gasteiger partial charge in [0.2, 0.25) is 0 Å². The van der Waals surface area contributed by atoms with E-state index in [1.807, 2.05) is 12.1 Å². The van der Waals surface area contributed by atoms with Crippen LogP contribution in [0.5, 0.6) is 0 Å². The van der Waals surface area contributed by atoms with Gasteiger partial charge in [-0.3, -0.25) is 0 Å². The van der Waals surface area contributed by atoms with Gasteiger partial charge in [0, 0.05) is 11.8 Å². The Bertz CT molecular complexity index is 495. The van der Waals surface area contributed by atoms with Gasteiger partial charge in [0.15, 0.2) is 0 Å². The third-order valence-electron chi connectivity index (χ3n) is 2.56. The van der Waals surface area contributed by atoms with Crippen LogP contribution in [-0.4, -0.2) is 9.97 Å². The molecule has 1 aromatic heterocycles. The Hall–Kier alpha value is -1.41. The predicted molar refractivity (Wildman–Crippen MR) is 62.0 cm³/mol. The highest BCUT2D eigenvalue weighted by atomic mass is 35.5. The van der Waals surface area contributed by atoms with Crippen LogP contribution >= 0.6 is 11.6 Å². The van der Waals surface area contributed by atoms with Crippen LogP contribution in [0.2, 0.25) is 5.15 Å². The van der Waals surface area contributed by atoms with E-state index < -0.39 is 0 Å². The van der Waals surface area contributed by atoms with Crippen LogP contribution in [0.1, 0.15) is 11.1 Å². The van der Waals surface area contributed by atoms with Crippen LogP contribution in [0.3, 0.4) is 0 Å². The van der Waals surface area contributed by atoms with Crippen LogP contribution in [-0.2, 0) is 0 Å². The van der Waals surface area contributed by atoms with E-state index in [0.29, 0.717) is 5.15 Å². The van der Waals surface area contributed by atoms with Crippen molar-refractivity contribution in [3.8, 4) is 11.1 Å². The van der Waals surface area contributed by atoms with Crippen molar-refractivity contribution in [1.29, 1.82) is 0 Å². The lowest BCUT2D eigenvalue weighted by Crippen LogP contribution is -1.90. The summed E-state index contributed by atoms with van der Waals surface area (Å²) in [5.41, 5.74) is 4.45. The summed E-state index contributed by atoms with van der Waals surface area (Å²) in [5.74, 6) is 0. The molecule has 0 unspecified atom stereocenters. The summed E-state index contributed by atoms with van der Waals surface area (Å²) in [4.78, 5) is 7.98. The standard InChI is InChI=1S/C12H11ClN2/c1-8-4-3-5-10(9(8)2)11-6-14-7-15-12(11)13/h3-7H,1-2H3. The van der Waals surface area contributed by atoms with E-state index in [1.54, 1.807) is 6.20 Å². The van der Waals surface area contributed by atoms with Gasteiger partial charge >= 0.3 is 0 Å². The van der Waals surface area contributed by atoms with E-state index in [2.05, 4.69) is 29.9 Å². The fourth-order valence-electron chi connectivity index (χ4n) is 1.54. The Morgan fingerprint density at radius 1 is 1.13 bits per heavy atom. The van der Waals surface area contributed by atoms with Crippen molar-refractivity contribution >= 4 is 11.6 Å². The first-order valence-corrected chi connectivity index (χ1v) is 5.10. The normalized spacial score (nSPS) is 10.3. The van der Waals surface area contributed by atoms with E-state index in [4.69, 9.17) is 11.6 Å². The van der Waals surface area contributed by atoms with Gasteiger partial charge in [0.1, 0.15) is 11.5 Å². The molecule has 0 spiro atoms. The first-order valence-electron chi connectivity index (χ1n) is 4.72. The molecule has 76 valence electrons. The topological polar surface area (TPSA) is 25.8 Å². The zero-order valence-corrected chi connectivity index (χ0v) is 9.42. The summed E-state index contributed by atoms with van der Waals surface area (Å²) in [5, 5.41) is 0.499. The van der Waals surface area contributed by atoms with E-state index >= 15 is 0 Å². The van der Waals surface area contributed by atoms with Gasteiger partial charge in [0.25, 0.3) is 0 Å². The molecular weight excluding hydrogens is 208 g/mol. The first-order chi connectivity index (χ1) is 7.20. The van der Waals surface area contributed by atoms with Crippen molar-refractivity contribution in [3.63, 3.8) is 0 Å². The van der Waals surface area contributed by atoms with Crippen LogP contribution in [0.25, 0.3) is 11.1 Å². The molecule has 0 saturated heterocycles. The van der Waals surface area contributed by atoms with Crippen LogP contribution < -0.4 is 0 Å². The predicted octanol–water partition coefficient (Wildman–Crippen LogP) is 3.41. The number of aryl methyl sites for hydroxylation is 1. The molecule has 0 bridgehead atoms.